The van der Waals surface area contributed by atoms with Gasteiger partial charge in [0.1, 0.15) is 29.3 Å². The van der Waals surface area contributed by atoms with E-state index in [2.05, 4.69) is 162 Å². The van der Waals surface area contributed by atoms with E-state index >= 15 is 0 Å². The van der Waals surface area contributed by atoms with E-state index < -0.39 is 7.26 Å². The van der Waals surface area contributed by atoms with Crippen LogP contribution >= 0.6 is 23.2 Å². The molecule has 6 rings (SSSR count). The third kappa shape index (κ3) is 4.76. The summed E-state index contributed by atoms with van der Waals surface area (Å²) in [5, 5.41) is 9.27. The number of para-hydroxylation sites is 1. The summed E-state index contributed by atoms with van der Waals surface area (Å²) in [6, 6.07) is 52.0. The molecule has 0 aliphatic heterocycles. The zero-order chi connectivity index (χ0) is 25.8. The molecule has 4 heteroatoms. The van der Waals surface area contributed by atoms with Crippen molar-refractivity contribution in [3.8, 4) is 16.9 Å². The average molecular weight is 574 g/mol. The van der Waals surface area contributed by atoms with Gasteiger partial charge < -0.3 is 0 Å². The number of nitrogens with zero attached hydrogens (tertiary/aromatic N) is 2. The summed E-state index contributed by atoms with van der Waals surface area (Å²) in [6.45, 7) is 0. The van der Waals surface area contributed by atoms with Crippen molar-refractivity contribution >= 4 is 39.1 Å². The predicted molar refractivity (Wildman–Crippen MR) is 166 cm³/mol. The molecule has 0 aliphatic rings. The van der Waals surface area contributed by atoms with E-state index in [0.717, 1.165) is 27.6 Å². The lowest BCUT2D eigenvalue weighted by Gasteiger charge is -2.27. The normalized spacial score (nSPS) is 11.4. The Bertz CT molecular complexity index is 1520. The first-order valence-corrected chi connectivity index (χ1v) is 15.5. The van der Waals surface area contributed by atoms with Crippen LogP contribution in [0.1, 0.15) is 5.56 Å². The smallest absolute Gasteiger partial charge is 0.116 e. The van der Waals surface area contributed by atoms with Gasteiger partial charge in [0, 0.05) is 21.8 Å². The van der Waals surface area contributed by atoms with Crippen LogP contribution in [0.15, 0.2) is 156 Å². The maximum atomic E-state index is 5.16. The van der Waals surface area contributed by atoms with Crippen molar-refractivity contribution in [2.75, 3.05) is 0 Å². The van der Waals surface area contributed by atoms with Crippen molar-refractivity contribution in [2.24, 2.45) is 0 Å². The number of aromatic nitrogens is 2. The van der Waals surface area contributed by atoms with E-state index in [1.807, 2.05) is 10.7 Å². The largest absolute Gasteiger partial charge is 0.240 e. The minimum Gasteiger partial charge on any atom is -0.240 e. The third-order valence-electron chi connectivity index (χ3n) is 6.93. The van der Waals surface area contributed by atoms with Crippen molar-refractivity contribution in [1.29, 1.82) is 0 Å². The lowest BCUT2D eigenvalue weighted by molar-refractivity contribution is 0.884. The van der Waals surface area contributed by atoms with Gasteiger partial charge in [-0.1, -0.05) is 101 Å². The molecule has 5 aromatic carbocycles. The number of hydrogen-bond donors (Lipinski definition) is 0. The second-order valence-corrected chi connectivity index (χ2v) is 13.7. The van der Waals surface area contributed by atoms with Gasteiger partial charge in [0.05, 0.1) is 11.4 Å². The Kier molecular flexibility index (Phi) is 7.05. The number of hydrogen-bond acceptors (Lipinski definition) is 1. The second-order valence-electron chi connectivity index (χ2n) is 9.26. The van der Waals surface area contributed by atoms with Gasteiger partial charge in [-0.15, -0.1) is 0 Å². The van der Waals surface area contributed by atoms with Crippen molar-refractivity contribution in [2.45, 2.75) is 6.16 Å². The molecule has 0 radical (unpaired) electrons. The summed E-state index contributed by atoms with van der Waals surface area (Å²) in [7, 11) is -2.07. The molecule has 0 unspecified atom stereocenters. The molecule has 6 aromatic rings. The Morgan fingerprint density at radius 3 is 1.47 bits per heavy atom. The number of halogens is 1. The third-order valence-corrected chi connectivity index (χ3v) is 11.8. The maximum Gasteiger partial charge on any atom is 0.116 e. The van der Waals surface area contributed by atoms with Gasteiger partial charge in [-0.05, 0) is 60.7 Å². The molecule has 1 heterocycles. The molecule has 0 amide bonds. The van der Waals surface area contributed by atoms with Crippen LogP contribution in [0.3, 0.4) is 0 Å². The van der Waals surface area contributed by atoms with Crippen LogP contribution in [0.5, 0.6) is 0 Å². The van der Waals surface area contributed by atoms with Crippen LogP contribution in [-0.4, -0.2) is 9.78 Å². The van der Waals surface area contributed by atoms with E-state index in [1.54, 1.807) is 0 Å². The molecule has 0 spiro atoms. The molecule has 0 atom stereocenters. The molecular weight excluding hydrogens is 547 g/mol. The average Bonchev–Trinajstić information content (AvgIpc) is 3.42. The Labute approximate surface area is 233 Å². The summed E-state index contributed by atoms with van der Waals surface area (Å²) < 4.78 is 3.09. The van der Waals surface area contributed by atoms with Crippen molar-refractivity contribution < 1.29 is 0 Å². The van der Waals surface area contributed by atoms with Crippen LogP contribution in [0.25, 0.3) is 16.9 Å². The lowest BCUT2D eigenvalue weighted by Crippen LogP contribution is -2.32. The number of rotatable bonds is 7. The fourth-order valence-electron chi connectivity index (χ4n) is 5.11. The Hall–Kier alpha value is -3.78. The predicted octanol–water partition coefficient (Wildman–Crippen LogP) is 7.80. The fraction of sp³-hybridized carbons (Fsp3) is 0.0294. The highest BCUT2D eigenvalue weighted by atomic mass is 79.9. The minimum atomic E-state index is -2.07. The van der Waals surface area contributed by atoms with E-state index in [4.69, 9.17) is 5.10 Å². The summed E-state index contributed by atoms with van der Waals surface area (Å²) in [5.41, 5.74) is 4.43. The van der Waals surface area contributed by atoms with Gasteiger partial charge in [-0.3, -0.25) is 0 Å². The molecule has 0 fully saturated rings. The van der Waals surface area contributed by atoms with Crippen molar-refractivity contribution in [3.05, 3.63) is 162 Å². The summed E-state index contributed by atoms with van der Waals surface area (Å²) in [6.07, 6.45) is 3.10. The Balaban J connectivity index is 1.61. The van der Waals surface area contributed by atoms with Crippen LogP contribution in [0.2, 0.25) is 0 Å². The fourth-order valence-corrected chi connectivity index (χ4v) is 9.61. The lowest BCUT2D eigenvalue weighted by atomic mass is 10.1. The van der Waals surface area contributed by atoms with Gasteiger partial charge in [-0.25, -0.2) is 4.68 Å². The van der Waals surface area contributed by atoms with Crippen LogP contribution in [0, 0.1) is 0 Å². The molecule has 0 saturated carbocycles. The zero-order valence-corrected chi connectivity index (χ0v) is 23.3. The zero-order valence-electron chi connectivity index (χ0n) is 20.9. The SMILES string of the molecule is Brc1ccc(-c2nn(-c3ccccc3)cc2C[P+](c2ccccc2)(c2ccccc2)c2ccccc2)cc1. The van der Waals surface area contributed by atoms with Gasteiger partial charge in [0.2, 0.25) is 0 Å². The van der Waals surface area contributed by atoms with Gasteiger partial charge in [0.15, 0.2) is 0 Å². The van der Waals surface area contributed by atoms with Gasteiger partial charge >= 0.3 is 0 Å². The van der Waals surface area contributed by atoms with Gasteiger partial charge in [-0.2, -0.15) is 5.10 Å². The van der Waals surface area contributed by atoms with Crippen LogP contribution in [-0.2, 0) is 6.16 Å². The minimum absolute atomic E-state index is 0.864. The molecule has 0 bridgehead atoms. The summed E-state index contributed by atoms with van der Waals surface area (Å²) in [5.74, 6) is 0. The molecule has 184 valence electrons. The molecule has 2 nitrogen and oxygen atoms in total. The first-order chi connectivity index (χ1) is 18.7. The topological polar surface area (TPSA) is 17.8 Å². The molecule has 38 heavy (non-hydrogen) atoms. The molecule has 0 N–H and O–H groups in total. The second kappa shape index (κ2) is 10.9. The summed E-state index contributed by atoms with van der Waals surface area (Å²) in [4.78, 5) is 0. The highest BCUT2D eigenvalue weighted by Gasteiger charge is 2.46. The van der Waals surface area contributed by atoms with Crippen molar-refractivity contribution in [3.63, 3.8) is 0 Å². The van der Waals surface area contributed by atoms with Crippen LogP contribution in [0.4, 0.5) is 0 Å². The standard InChI is InChI=1S/C34H27BrN2P/c35-29-23-21-27(22-24-29)34-28(25-37(36-34)30-13-5-1-6-14-30)26-38(31-15-7-2-8-16-31,32-17-9-3-10-18-32)33-19-11-4-12-20-33/h1-25H,26H2/q+1. The first-order valence-electron chi connectivity index (χ1n) is 12.7. The first kappa shape index (κ1) is 24.6. The monoisotopic (exact) mass is 573 g/mol. The Morgan fingerprint density at radius 2 is 1.00 bits per heavy atom. The highest BCUT2D eigenvalue weighted by Crippen LogP contribution is 2.58. The highest BCUT2D eigenvalue weighted by molar-refractivity contribution is 9.10. The maximum absolute atomic E-state index is 5.16. The number of benzene rings is 5. The molecular formula is C34H27BrN2P+. The quantitative estimate of drug-likeness (QED) is 0.178. The van der Waals surface area contributed by atoms with E-state index in [0.29, 0.717) is 0 Å². The summed E-state index contributed by atoms with van der Waals surface area (Å²) >= 11 is 3.60. The molecule has 0 saturated heterocycles. The van der Waals surface area contributed by atoms with Crippen LogP contribution < -0.4 is 15.9 Å². The van der Waals surface area contributed by atoms with Crippen molar-refractivity contribution in [1.82, 2.24) is 9.78 Å². The molecule has 0 aliphatic carbocycles. The Morgan fingerprint density at radius 1 is 0.553 bits per heavy atom. The van der Waals surface area contributed by atoms with Gasteiger partial charge in [0.25, 0.3) is 0 Å². The molecule has 1 aromatic heterocycles. The van der Waals surface area contributed by atoms with E-state index in [-0.39, 0.29) is 0 Å². The van der Waals surface area contributed by atoms with E-state index in [9.17, 15) is 0 Å². The van der Waals surface area contributed by atoms with E-state index in [1.165, 1.54) is 21.5 Å².